The number of aromatic nitrogens is 2. The Balaban J connectivity index is 2.65. The van der Waals surface area contributed by atoms with Gasteiger partial charge in [-0.25, -0.2) is 0 Å². The van der Waals surface area contributed by atoms with Crippen molar-refractivity contribution in [3.8, 4) is 0 Å². The van der Waals surface area contributed by atoms with Crippen LogP contribution in [0.15, 0.2) is 6.20 Å². The van der Waals surface area contributed by atoms with E-state index in [0.717, 1.165) is 12.1 Å². The highest BCUT2D eigenvalue weighted by molar-refractivity contribution is 6.17. The van der Waals surface area contributed by atoms with Crippen molar-refractivity contribution in [2.75, 3.05) is 5.88 Å². The van der Waals surface area contributed by atoms with Crippen molar-refractivity contribution < 1.29 is 4.79 Å². The Labute approximate surface area is 101 Å². The van der Waals surface area contributed by atoms with E-state index in [1.54, 1.807) is 6.20 Å². The molecule has 0 aliphatic rings. The monoisotopic (exact) mass is 243 g/mol. The van der Waals surface area contributed by atoms with Gasteiger partial charge in [0.05, 0.1) is 11.8 Å². The molecule has 0 fully saturated rings. The molecule has 1 rings (SSSR count). The molecule has 0 spiro atoms. The summed E-state index contributed by atoms with van der Waals surface area (Å²) >= 11 is 5.71. The number of nitrogens with zero attached hydrogens (tertiary/aromatic N) is 1. The summed E-state index contributed by atoms with van der Waals surface area (Å²) in [7, 11) is 0. The molecule has 0 bridgehead atoms. The molecule has 4 nitrogen and oxygen atoms in total. The minimum Gasteiger partial charge on any atom is -0.349 e. The Bertz CT molecular complexity index is 349. The van der Waals surface area contributed by atoms with Crippen LogP contribution in [0.4, 0.5) is 0 Å². The van der Waals surface area contributed by atoms with Crippen molar-refractivity contribution in [1.29, 1.82) is 0 Å². The van der Waals surface area contributed by atoms with E-state index in [1.165, 1.54) is 0 Å². The molecular weight excluding hydrogens is 226 g/mol. The number of halogens is 1. The first kappa shape index (κ1) is 13.0. The number of nitrogens with one attached hydrogen (secondary N) is 2. The smallest absolute Gasteiger partial charge is 0.254 e. The number of aromatic amines is 1. The Hall–Kier alpha value is -1.03. The maximum atomic E-state index is 11.9. The van der Waals surface area contributed by atoms with Crippen LogP contribution < -0.4 is 5.32 Å². The van der Waals surface area contributed by atoms with E-state index >= 15 is 0 Å². The molecule has 1 unspecified atom stereocenters. The van der Waals surface area contributed by atoms with Crippen LogP contribution in [0, 0.1) is 12.8 Å². The van der Waals surface area contributed by atoms with Gasteiger partial charge in [0.25, 0.3) is 5.91 Å². The fourth-order valence-electron chi connectivity index (χ4n) is 1.52. The van der Waals surface area contributed by atoms with Crippen molar-refractivity contribution in [3.05, 3.63) is 17.5 Å². The maximum absolute atomic E-state index is 11.9. The van der Waals surface area contributed by atoms with Crippen molar-refractivity contribution in [2.45, 2.75) is 33.2 Å². The van der Waals surface area contributed by atoms with Gasteiger partial charge in [-0.1, -0.05) is 13.8 Å². The molecule has 0 aromatic carbocycles. The Morgan fingerprint density at radius 2 is 2.31 bits per heavy atom. The molecule has 90 valence electrons. The molecule has 1 aromatic rings. The van der Waals surface area contributed by atoms with E-state index in [9.17, 15) is 4.79 Å². The summed E-state index contributed by atoms with van der Waals surface area (Å²) in [5.41, 5.74) is 1.38. The number of amides is 1. The molecule has 1 atom stereocenters. The Kier molecular flexibility index (Phi) is 4.80. The van der Waals surface area contributed by atoms with Gasteiger partial charge < -0.3 is 5.32 Å². The number of rotatable bonds is 5. The predicted octanol–water partition coefficient (Wildman–Crippen LogP) is 2.10. The van der Waals surface area contributed by atoms with E-state index in [4.69, 9.17) is 11.6 Å². The van der Waals surface area contributed by atoms with Crippen LogP contribution in [0.2, 0.25) is 0 Å². The molecule has 5 heteroatoms. The van der Waals surface area contributed by atoms with Gasteiger partial charge in [-0.3, -0.25) is 9.89 Å². The lowest BCUT2D eigenvalue weighted by atomic mass is 10.0. The average molecular weight is 244 g/mol. The minimum atomic E-state index is -0.0879. The highest BCUT2D eigenvalue weighted by Crippen LogP contribution is 2.09. The van der Waals surface area contributed by atoms with Crippen LogP contribution in [0.3, 0.4) is 0 Å². The predicted molar refractivity (Wildman–Crippen MR) is 64.8 cm³/mol. The Morgan fingerprint density at radius 3 is 2.75 bits per heavy atom. The normalized spacial score (nSPS) is 12.8. The molecule has 1 aromatic heterocycles. The molecule has 0 aliphatic heterocycles. The zero-order valence-corrected chi connectivity index (χ0v) is 10.6. The third kappa shape index (κ3) is 3.23. The lowest BCUT2D eigenvalue weighted by Gasteiger charge is -2.21. The molecule has 0 saturated carbocycles. The van der Waals surface area contributed by atoms with Crippen LogP contribution in [0.5, 0.6) is 0 Å². The highest BCUT2D eigenvalue weighted by atomic mass is 35.5. The molecule has 1 heterocycles. The van der Waals surface area contributed by atoms with Gasteiger partial charge in [0.2, 0.25) is 0 Å². The first-order valence-corrected chi connectivity index (χ1v) is 5.96. The van der Waals surface area contributed by atoms with Gasteiger partial charge in [0, 0.05) is 17.6 Å². The van der Waals surface area contributed by atoms with E-state index in [0.29, 0.717) is 17.4 Å². The van der Waals surface area contributed by atoms with Gasteiger partial charge in [0.1, 0.15) is 0 Å². The average Bonchev–Trinajstić information content (AvgIpc) is 2.63. The van der Waals surface area contributed by atoms with Crippen molar-refractivity contribution in [1.82, 2.24) is 15.5 Å². The maximum Gasteiger partial charge on any atom is 0.254 e. The molecule has 1 amide bonds. The second-order valence-corrected chi connectivity index (χ2v) is 4.59. The molecule has 16 heavy (non-hydrogen) atoms. The zero-order chi connectivity index (χ0) is 12.1. The number of carbonyl (C=O) groups is 1. The summed E-state index contributed by atoms with van der Waals surface area (Å²) in [5.74, 6) is 0.831. The van der Waals surface area contributed by atoms with E-state index in [-0.39, 0.29) is 11.9 Å². The number of alkyl halides is 1. The van der Waals surface area contributed by atoms with Gasteiger partial charge in [-0.2, -0.15) is 5.10 Å². The summed E-state index contributed by atoms with van der Waals surface area (Å²) in [6, 6.07) is 0.110. The SMILES string of the molecule is Cc1[nH]ncc1C(=O)NC(CCCl)C(C)C. The molecule has 0 saturated heterocycles. The fraction of sp³-hybridized carbons (Fsp3) is 0.636. The Morgan fingerprint density at radius 1 is 1.62 bits per heavy atom. The summed E-state index contributed by atoms with van der Waals surface area (Å²) in [6.07, 6.45) is 2.32. The van der Waals surface area contributed by atoms with Gasteiger partial charge in [-0.05, 0) is 19.3 Å². The molecular formula is C11H18ClN3O. The molecule has 0 radical (unpaired) electrons. The second-order valence-electron chi connectivity index (χ2n) is 4.21. The van der Waals surface area contributed by atoms with Crippen LogP contribution in [-0.4, -0.2) is 28.0 Å². The summed E-state index contributed by atoms with van der Waals surface area (Å²) < 4.78 is 0. The van der Waals surface area contributed by atoms with E-state index in [1.807, 2.05) is 6.92 Å². The first-order valence-electron chi connectivity index (χ1n) is 5.43. The number of hydrogen-bond donors (Lipinski definition) is 2. The van der Waals surface area contributed by atoms with Crippen LogP contribution in [0.25, 0.3) is 0 Å². The zero-order valence-electron chi connectivity index (χ0n) is 9.88. The van der Waals surface area contributed by atoms with Crippen LogP contribution >= 0.6 is 11.6 Å². The highest BCUT2D eigenvalue weighted by Gasteiger charge is 2.18. The number of aryl methyl sites for hydroxylation is 1. The summed E-state index contributed by atoms with van der Waals surface area (Å²) in [5, 5.41) is 9.55. The van der Waals surface area contributed by atoms with Crippen molar-refractivity contribution in [3.63, 3.8) is 0 Å². The third-order valence-electron chi connectivity index (χ3n) is 2.62. The van der Waals surface area contributed by atoms with Crippen LogP contribution in [-0.2, 0) is 0 Å². The summed E-state index contributed by atoms with van der Waals surface area (Å²) in [4.78, 5) is 11.9. The quantitative estimate of drug-likeness (QED) is 0.779. The van der Waals surface area contributed by atoms with Gasteiger partial charge >= 0.3 is 0 Å². The van der Waals surface area contributed by atoms with Crippen molar-refractivity contribution >= 4 is 17.5 Å². The molecule has 2 N–H and O–H groups in total. The van der Waals surface area contributed by atoms with Gasteiger partial charge in [0.15, 0.2) is 0 Å². The number of carbonyl (C=O) groups excluding carboxylic acids is 1. The lowest BCUT2D eigenvalue weighted by Crippen LogP contribution is -2.39. The van der Waals surface area contributed by atoms with Crippen molar-refractivity contribution in [2.24, 2.45) is 5.92 Å². The second kappa shape index (κ2) is 5.89. The summed E-state index contributed by atoms with van der Waals surface area (Å²) in [6.45, 7) is 5.97. The van der Waals surface area contributed by atoms with E-state index in [2.05, 4.69) is 29.4 Å². The fourth-order valence-corrected chi connectivity index (χ4v) is 1.75. The number of H-pyrrole nitrogens is 1. The van der Waals surface area contributed by atoms with Crippen LogP contribution in [0.1, 0.15) is 36.3 Å². The topological polar surface area (TPSA) is 57.8 Å². The van der Waals surface area contributed by atoms with E-state index < -0.39 is 0 Å². The van der Waals surface area contributed by atoms with Gasteiger partial charge in [-0.15, -0.1) is 11.6 Å². The molecule has 0 aliphatic carbocycles. The largest absolute Gasteiger partial charge is 0.349 e. The lowest BCUT2D eigenvalue weighted by molar-refractivity contribution is 0.0924. The standard InChI is InChI=1S/C11H18ClN3O/c1-7(2)10(4-5-12)14-11(16)9-6-13-15-8(9)3/h6-7,10H,4-5H2,1-3H3,(H,13,15)(H,14,16). The first-order chi connectivity index (χ1) is 7.56. The third-order valence-corrected chi connectivity index (χ3v) is 2.83. The minimum absolute atomic E-state index is 0.0879. The number of hydrogen-bond acceptors (Lipinski definition) is 2.